The van der Waals surface area contributed by atoms with Crippen LogP contribution < -0.4 is 16.2 Å². The summed E-state index contributed by atoms with van der Waals surface area (Å²) in [6.07, 6.45) is 3.57. The van der Waals surface area contributed by atoms with Crippen molar-refractivity contribution in [1.82, 2.24) is 28.8 Å². The fourth-order valence-electron chi connectivity index (χ4n) is 6.65. The molecule has 2 saturated heterocycles. The van der Waals surface area contributed by atoms with Crippen LogP contribution in [-0.4, -0.2) is 90.7 Å². The van der Waals surface area contributed by atoms with Crippen LogP contribution in [0.3, 0.4) is 0 Å². The number of hydrogen-bond donors (Lipinski definition) is 2. The lowest BCUT2D eigenvalue weighted by atomic mass is 9.96. The highest BCUT2D eigenvalue weighted by molar-refractivity contribution is 5.97. The average molecular weight is 651 g/mol. The van der Waals surface area contributed by atoms with Gasteiger partial charge in [-0.05, 0) is 75.2 Å². The molecule has 2 fully saturated rings. The summed E-state index contributed by atoms with van der Waals surface area (Å²) in [4.78, 5) is 48.7. The van der Waals surface area contributed by atoms with E-state index >= 15 is 0 Å². The molecule has 1 atom stereocenters. The number of nitriles is 1. The van der Waals surface area contributed by atoms with Gasteiger partial charge in [-0.3, -0.25) is 18.8 Å². The molecule has 0 aliphatic carbocycles. The van der Waals surface area contributed by atoms with Gasteiger partial charge in [-0.25, -0.2) is 14.6 Å². The van der Waals surface area contributed by atoms with Gasteiger partial charge in [0.15, 0.2) is 0 Å². The van der Waals surface area contributed by atoms with E-state index in [1.165, 1.54) is 9.47 Å². The number of aromatic nitrogens is 3. The number of nitrogens with two attached hydrogens (primary N) is 1. The van der Waals surface area contributed by atoms with Crippen molar-refractivity contribution in [3.63, 3.8) is 0 Å². The zero-order valence-electron chi connectivity index (χ0n) is 27.0. The van der Waals surface area contributed by atoms with Gasteiger partial charge >= 0.3 is 11.8 Å². The molecular formula is C35H38N8O5. The van der Waals surface area contributed by atoms with E-state index in [-0.39, 0.29) is 29.7 Å². The van der Waals surface area contributed by atoms with Gasteiger partial charge in [0.1, 0.15) is 34.5 Å². The van der Waals surface area contributed by atoms with E-state index in [1.54, 1.807) is 52.1 Å². The first-order valence-corrected chi connectivity index (χ1v) is 15.9. The highest BCUT2D eigenvalue weighted by Gasteiger charge is 2.34. The summed E-state index contributed by atoms with van der Waals surface area (Å²) >= 11 is 0. The number of carboxylic acid groups (broad SMARTS) is 1. The van der Waals surface area contributed by atoms with Crippen LogP contribution in [0.2, 0.25) is 0 Å². The van der Waals surface area contributed by atoms with Gasteiger partial charge in [-0.1, -0.05) is 18.2 Å². The number of piperidine rings is 1. The number of nitrogens with zero attached hydrogens (tertiary/aromatic N) is 7. The molecule has 13 nitrogen and oxygen atoms in total. The van der Waals surface area contributed by atoms with E-state index in [0.29, 0.717) is 73.8 Å². The summed E-state index contributed by atoms with van der Waals surface area (Å²) in [5.41, 5.74) is 7.09. The molecular weight excluding hydrogens is 612 g/mol. The number of nitrogen functional groups attached to an aromatic ring is 1. The van der Waals surface area contributed by atoms with Gasteiger partial charge in [0.05, 0.1) is 17.2 Å². The lowest BCUT2D eigenvalue weighted by Crippen LogP contribution is -2.55. The van der Waals surface area contributed by atoms with Gasteiger partial charge in [0, 0.05) is 51.0 Å². The van der Waals surface area contributed by atoms with Crippen LogP contribution in [0.15, 0.2) is 83.3 Å². The van der Waals surface area contributed by atoms with Gasteiger partial charge in [-0.2, -0.15) is 5.26 Å². The Hall–Kier alpha value is -5.61. The minimum absolute atomic E-state index is 0.0161. The molecule has 248 valence electrons. The molecule has 4 heterocycles. The maximum atomic E-state index is 14.2. The molecule has 13 heteroatoms. The zero-order valence-corrected chi connectivity index (χ0v) is 27.0. The second kappa shape index (κ2) is 13.2. The van der Waals surface area contributed by atoms with Crippen molar-refractivity contribution in [3.05, 3.63) is 89.0 Å². The summed E-state index contributed by atoms with van der Waals surface area (Å²) in [5, 5.41) is 19.4. The number of para-hydroxylation sites is 1. The SMILES string of the molecule is CC(C)(C=C(C#N)C(=O)N1CCCC(n2c(=O)n(-c3ccc(Oc4ccccc4)cc3)c3c(N)nccc32)C1)N1CCN(C(=O)O)CC1. The third-order valence-corrected chi connectivity index (χ3v) is 9.15. The first-order chi connectivity index (χ1) is 23.1. The molecule has 4 aromatic rings. The molecule has 48 heavy (non-hydrogen) atoms. The normalized spacial score (nSPS) is 17.7. The van der Waals surface area contributed by atoms with Gasteiger partial charge < -0.3 is 25.4 Å². The van der Waals surface area contributed by atoms with Gasteiger partial charge in [-0.15, -0.1) is 0 Å². The molecule has 2 aliphatic rings. The van der Waals surface area contributed by atoms with Crippen molar-refractivity contribution in [3.8, 4) is 23.3 Å². The molecule has 1 unspecified atom stereocenters. The molecule has 0 bridgehead atoms. The monoisotopic (exact) mass is 650 g/mol. The summed E-state index contributed by atoms with van der Waals surface area (Å²) in [7, 11) is 0. The van der Waals surface area contributed by atoms with Crippen molar-refractivity contribution in [2.24, 2.45) is 0 Å². The fraction of sp³-hybridized carbons (Fsp3) is 0.343. The molecule has 2 aromatic carbocycles. The first kappa shape index (κ1) is 32.3. The summed E-state index contributed by atoms with van der Waals surface area (Å²) in [6.45, 7) is 6.20. The molecule has 0 saturated carbocycles. The molecule has 0 spiro atoms. The van der Waals surface area contributed by atoms with E-state index in [2.05, 4.69) is 16.0 Å². The highest BCUT2D eigenvalue weighted by atomic mass is 16.5. The topological polar surface area (TPSA) is 163 Å². The largest absolute Gasteiger partial charge is 0.465 e. The Labute approximate surface area is 277 Å². The minimum atomic E-state index is -0.955. The summed E-state index contributed by atoms with van der Waals surface area (Å²) in [5.74, 6) is 1.12. The molecule has 0 radical (unpaired) electrons. The Morgan fingerprint density at radius 2 is 1.69 bits per heavy atom. The number of hydrogen-bond acceptors (Lipinski definition) is 8. The molecule has 2 aliphatic heterocycles. The van der Waals surface area contributed by atoms with Crippen molar-refractivity contribution < 1.29 is 19.4 Å². The third-order valence-electron chi connectivity index (χ3n) is 9.15. The van der Waals surface area contributed by atoms with Crippen LogP contribution in [0.4, 0.5) is 10.6 Å². The smallest absolute Gasteiger partial charge is 0.407 e. The number of anilines is 1. The molecule has 2 aromatic heterocycles. The summed E-state index contributed by atoms with van der Waals surface area (Å²) < 4.78 is 9.15. The van der Waals surface area contributed by atoms with Crippen LogP contribution >= 0.6 is 0 Å². The number of imidazole rings is 1. The Morgan fingerprint density at radius 1 is 1.00 bits per heavy atom. The highest BCUT2D eigenvalue weighted by Crippen LogP contribution is 2.30. The van der Waals surface area contributed by atoms with Crippen molar-refractivity contribution in [1.29, 1.82) is 5.26 Å². The second-order valence-corrected chi connectivity index (χ2v) is 12.6. The summed E-state index contributed by atoms with van der Waals surface area (Å²) in [6, 6.07) is 20.1. The fourth-order valence-corrected chi connectivity index (χ4v) is 6.65. The number of amides is 2. The number of carbonyl (C=O) groups is 2. The van der Waals surface area contributed by atoms with Crippen LogP contribution in [0.5, 0.6) is 11.5 Å². The second-order valence-electron chi connectivity index (χ2n) is 12.6. The predicted octanol–water partition coefficient (Wildman–Crippen LogP) is 4.25. The first-order valence-electron chi connectivity index (χ1n) is 15.9. The Balaban J connectivity index is 1.26. The Bertz CT molecular complexity index is 1950. The number of benzene rings is 2. The van der Waals surface area contributed by atoms with Crippen molar-refractivity contribution in [2.45, 2.75) is 38.3 Å². The van der Waals surface area contributed by atoms with E-state index in [0.717, 1.165) is 0 Å². The third kappa shape index (κ3) is 6.34. The Morgan fingerprint density at radius 3 is 2.35 bits per heavy atom. The minimum Gasteiger partial charge on any atom is -0.465 e. The van der Waals surface area contributed by atoms with Crippen LogP contribution in [0.25, 0.3) is 16.7 Å². The van der Waals surface area contributed by atoms with E-state index in [4.69, 9.17) is 10.5 Å². The van der Waals surface area contributed by atoms with Crippen LogP contribution in [0, 0.1) is 11.3 Å². The van der Waals surface area contributed by atoms with Crippen LogP contribution in [0.1, 0.15) is 32.7 Å². The zero-order chi connectivity index (χ0) is 34.0. The van der Waals surface area contributed by atoms with Gasteiger partial charge in [0.2, 0.25) is 0 Å². The standard InChI is InChI=1S/C35H38N8O5/c1-35(2,41-19-17-39(18-20-41)34(46)47)21-24(22-36)32(44)40-16-6-7-26(23-40)42-29-14-15-38-31(37)30(29)43(33(42)45)25-10-12-28(13-11-25)48-27-8-4-3-5-9-27/h3-5,8-15,21,26H,6-7,16-20,23H2,1-2H3,(H2,37,38)(H,46,47). The maximum Gasteiger partial charge on any atom is 0.407 e. The number of ether oxygens (including phenoxy) is 1. The van der Waals surface area contributed by atoms with Crippen molar-refractivity contribution in [2.75, 3.05) is 45.0 Å². The van der Waals surface area contributed by atoms with Crippen LogP contribution in [-0.2, 0) is 4.79 Å². The quantitative estimate of drug-likeness (QED) is 0.220. The molecule has 3 N–H and O–H groups in total. The number of pyridine rings is 1. The number of carbonyl (C=O) groups excluding carboxylic acids is 1. The molecule has 6 rings (SSSR count). The number of piperazine rings is 1. The Kier molecular flexibility index (Phi) is 8.92. The maximum absolute atomic E-state index is 14.2. The lowest BCUT2D eigenvalue weighted by Gasteiger charge is -2.42. The number of likely N-dealkylation sites (tertiary alicyclic amines) is 1. The number of rotatable bonds is 7. The number of fused-ring (bicyclic) bond motifs is 1. The predicted molar refractivity (Wildman–Crippen MR) is 180 cm³/mol. The molecule has 2 amide bonds. The van der Waals surface area contributed by atoms with E-state index in [9.17, 15) is 24.8 Å². The average Bonchev–Trinajstić information content (AvgIpc) is 3.40. The van der Waals surface area contributed by atoms with Crippen molar-refractivity contribution >= 4 is 28.9 Å². The lowest BCUT2D eigenvalue weighted by molar-refractivity contribution is -0.128. The van der Waals surface area contributed by atoms with E-state index < -0.39 is 17.5 Å². The van der Waals surface area contributed by atoms with E-state index in [1.807, 2.05) is 44.2 Å². The van der Waals surface area contributed by atoms with Gasteiger partial charge in [0.25, 0.3) is 5.91 Å².